The molecule has 1 aliphatic heterocycles. The Labute approximate surface area is 175 Å². The molecule has 1 aliphatic rings. The number of aliphatic hydroxyl groups excluding tert-OH is 1. The third kappa shape index (κ3) is 15.4. The molecule has 28 heavy (non-hydrogen) atoms. The van der Waals surface area contributed by atoms with Gasteiger partial charge >= 0.3 is 0 Å². The summed E-state index contributed by atoms with van der Waals surface area (Å²) in [6.45, 7) is 2.37. The standard InChI is InChI=1S/C25H49NO2/c27-24-19-17-15-13-11-9-7-5-3-1-2-4-6-8-10-12-14-16-18-22-26-23-20-21-25(26)28/h27H,1-24H2. The van der Waals surface area contributed by atoms with Crippen molar-refractivity contribution in [2.45, 2.75) is 135 Å². The molecule has 0 bridgehead atoms. The SMILES string of the molecule is O=C1CCCN1CCCCCCCCCCCCCCCCCCCCCO. The quantitative estimate of drug-likeness (QED) is 0.212. The predicted octanol–water partition coefficient (Wildman–Crippen LogP) is 7.01. The number of unbranched alkanes of at least 4 members (excludes halogenated alkanes) is 18. The first-order valence-corrected chi connectivity index (χ1v) is 12.7. The Kier molecular flexibility index (Phi) is 17.9. The van der Waals surface area contributed by atoms with Gasteiger partial charge in [0.15, 0.2) is 0 Å². The van der Waals surface area contributed by atoms with Gasteiger partial charge in [-0.25, -0.2) is 0 Å². The maximum Gasteiger partial charge on any atom is 0.222 e. The minimum Gasteiger partial charge on any atom is -0.396 e. The minimum absolute atomic E-state index is 0.364. The van der Waals surface area contributed by atoms with Crippen molar-refractivity contribution in [3.05, 3.63) is 0 Å². The summed E-state index contributed by atoms with van der Waals surface area (Å²) < 4.78 is 0. The first-order valence-electron chi connectivity index (χ1n) is 12.7. The van der Waals surface area contributed by atoms with E-state index in [4.69, 9.17) is 5.11 Å². The van der Waals surface area contributed by atoms with E-state index in [9.17, 15) is 4.79 Å². The molecule has 0 aromatic heterocycles. The zero-order valence-corrected chi connectivity index (χ0v) is 18.8. The summed E-state index contributed by atoms with van der Waals surface area (Å²) in [5.74, 6) is 0.380. The van der Waals surface area contributed by atoms with Gasteiger partial charge in [0.05, 0.1) is 0 Å². The fourth-order valence-corrected chi connectivity index (χ4v) is 4.36. The van der Waals surface area contributed by atoms with Crippen molar-refractivity contribution in [2.75, 3.05) is 19.7 Å². The maximum atomic E-state index is 11.5. The average molecular weight is 396 g/mol. The second kappa shape index (κ2) is 19.7. The Morgan fingerprint density at radius 3 is 1.25 bits per heavy atom. The van der Waals surface area contributed by atoms with Gasteiger partial charge in [0.2, 0.25) is 5.91 Å². The molecule has 0 atom stereocenters. The van der Waals surface area contributed by atoms with Gasteiger partial charge in [0.25, 0.3) is 0 Å². The third-order valence-electron chi connectivity index (χ3n) is 6.26. The van der Waals surface area contributed by atoms with Crippen molar-refractivity contribution in [2.24, 2.45) is 0 Å². The van der Waals surface area contributed by atoms with E-state index in [2.05, 4.69) is 4.90 Å². The lowest BCUT2D eigenvalue weighted by molar-refractivity contribution is -0.127. The number of carbonyl (C=O) groups excluding carboxylic acids is 1. The topological polar surface area (TPSA) is 40.5 Å². The second-order valence-electron chi connectivity index (χ2n) is 8.93. The van der Waals surface area contributed by atoms with Crippen molar-refractivity contribution in [1.82, 2.24) is 4.90 Å². The molecule has 1 fully saturated rings. The van der Waals surface area contributed by atoms with Crippen LogP contribution in [0.3, 0.4) is 0 Å². The number of carbonyl (C=O) groups is 1. The van der Waals surface area contributed by atoms with E-state index in [1.54, 1.807) is 0 Å². The summed E-state index contributed by atoms with van der Waals surface area (Å²) in [6, 6.07) is 0. The van der Waals surface area contributed by atoms with Crippen LogP contribution in [0.4, 0.5) is 0 Å². The summed E-state index contributed by atoms with van der Waals surface area (Å²) in [5.41, 5.74) is 0. The minimum atomic E-state index is 0.364. The molecule has 0 unspecified atom stereocenters. The second-order valence-corrected chi connectivity index (χ2v) is 8.93. The van der Waals surface area contributed by atoms with Crippen molar-refractivity contribution in [3.63, 3.8) is 0 Å². The Morgan fingerprint density at radius 1 is 0.571 bits per heavy atom. The average Bonchev–Trinajstić information content (AvgIpc) is 3.11. The van der Waals surface area contributed by atoms with Crippen LogP contribution in [-0.2, 0) is 4.79 Å². The van der Waals surface area contributed by atoms with E-state index in [1.807, 2.05) is 0 Å². The van der Waals surface area contributed by atoms with Gasteiger partial charge in [0.1, 0.15) is 0 Å². The molecular weight excluding hydrogens is 346 g/mol. The van der Waals surface area contributed by atoms with Gasteiger partial charge in [-0.2, -0.15) is 0 Å². The molecule has 0 aromatic carbocycles. The highest BCUT2D eigenvalue weighted by molar-refractivity contribution is 5.77. The molecule has 3 nitrogen and oxygen atoms in total. The van der Waals surface area contributed by atoms with Crippen molar-refractivity contribution < 1.29 is 9.90 Å². The van der Waals surface area contributed by atoms with Crippen molar-refractivity contribution in [3.8, 4) is 0 Å². The zero-order valence-electron chi connectivity index (χ0n) is 18.8. The molecule has 0 spiro atoms. The highest BCUT2D eigenvalue weighted by Gasteiger charge is 2.18. The largest absolute Gasteiger partial charge is 0.396 e. The Morgan fingerprint density at radius 2 is 0.929 bits per heavy atom. The summed E-state index contributed by atoms with van der Waals surface area (Å²) >= 11 is 0. The van der Waals surface area contributed by atoms with Gasteiger partial charge in [-0.3, -0.25) is 4.79 Å². The number of aliphatic hydroxyl groups is 1. The Balaban J connectivity index is 1.65. The first kappa shape index (κ1) is 25.5. The van der Waals surface area contributed by atoms with E-state index in [-0.39, 0.29) is 0 Å². The van der Waals surface area contributed by atoms with E-state index in [0.717, 1.165) is 32.4 Å². The molecule has 0 aliphatic carbocycles. The van der Waals surface area contributed by atoms with E-state index in [0.29, 0.717) is 12.5 Å². The lowest BCUT2D eigenvalue weighted by atomic mass is 10.0. The summed E-state index contributed by atoms with van der Waals surface area (Å²) in [5, 5.41) is 8.74. The summed E-state index contributed by atoms with van der Waals surface area (Å²) in [4.78, 5) is 13.6. The van der Waals surface area contributed by atoms with Gasteiger partial charge in [0, 0.05) is 26.1 Å². The number of hydrogen-bond donors (Lipinski definition) is 1. The fourth-order valence-electron chi connectivity index (χ4n) is 4.36. The number of rotatable bonds is 21. The lowest BCUT2D eigenvalue weighted by Crippen LogP contribution is -2.25. The van der Waals surface area contributed by atoms with Gasteiger partial charge in [-0.05, 0) is 19.3 Å². The van der Waals surface area contributed by atoms with Crippen LogP contribution < -0.4 is 0 Å². The molecule has 1 amide bonds. The molecule has 1 rings (SSSR count). The molecule has 1 heterocycles. The highest BCUT2D eigenvalue weighted by Crippen LogP contribution is 2.15. The van der Waals surface area contributed by atoms with Crippen LogP contribution in [0.1, 0.15) is 135 Å². The van der Waals surface area contributed by atoms with E-state index >= 15 is 0 Å². The normalized spacial score (nSPS) is 14.3. The van der Waals surface area contributed by atoms with Crippen LogP contribution in [0.15, 0.2) is 0 Å². The van der Waals surface area contributed by atoms with Crippen LogP contribution in [0.5, 0.6) is 0 Å². The predicted molar refractivity (Wildman–Crippen MR) is 121 cm³/mol. The van der Waals surface area contributed by atoms with Crippen LogP contribution in [-0.4, -0.2) is 35.6 Å². The van der Waals surface area contributed by atoms with Gasteiger partial charge in [-0.15, -0.1) is 0 Å². The summed E-state index contributed by atoms with van der Waals surface area (Å²) in [6.07, 6.45) is 27.6. The number of nitrogens with zero attached hydrogens (tertiary/aromatic N) is 1. The smallest absolute Gasteiger partial charge is 0.222 e. The lowest BCUT2D eigenvalue weighted by Gasteiger charge is -2.14. The highest BCUT2D eigenvalue weighted by atomic mass is 16.2. The fraction of sp³-hybridized carbons (Fsp3) is 0.960. The zero-order chi connectivity index (χ0) is 20.1. The monoisotopic (exact) mass is 395 g/mol. The van der Waals surface area contributed by atoms with Crippen LogP contribution >= 0.6 is 0 Å². The number of hydrogen-bond acceptors (Lipinski definition) is 2. The van der Waals surface area contributed by atoms with Crippen LogP contribution in [0.25, 0.3) is 0 Å². The molecule has 0 aromatic rings. The van der Waals surface area contributed by atoms with Crippen LogP contribution in [0.2, 0.25) is 0 Å². The molecular formula is C25H49NO2. The Bertz CT molecular complexity index is 345. The first-order chi connectivity index (χ1) is 13.8. The van der Waals surface area contributed by atoms with E-state index < -0.39 is 0 Å². The van der Waals surface area contributed by atoms with Crippen molar-refractivity contribution in [1.29, 1.82) is 0 Å². The Hall–Kier alpha value is -0.570. The van der Waals surface area contributed by atoms with E-state index in [1.165, 1.54) is 116 Å². The molecule has 0 saturated carbocycles. The van der Waals surface area contributed by atoms with Gasteiger partial charge in [-0.1, -0.05) is 109 Å². The third-order valence-corrected chi connectivity index (χ3v) is 6.26. The maximum absolute atomic E-state index is 11.5. The van der Waals surface area contributed by atoms with Crippen molar-refractivity contribution >= 4 is 5.91 Å². The molecule has 1 saturated heterocycles. The molecule has 3 heteroatoms. The molecule has 1 N–H and O–H groups in total. The summed E-state index contributed by atoms with van der Waals surface area (Å²) in [7, 11) is 0. The number of amides is 1. The molecule has 0 radical (unpaired) electrons. The van der Waals surface area contributed by atoms with Gasteiger partial charge < -0.3 is 10.0 Å². The van der Waals surface area contributed by atoms with Crippen LogP contribution in [0, 0.1) is 0 Å². The number of likely N-dealkylation sites (tertiary alicyclic amines) is 1. The molecule has 166 valence electrons.